The molecule has 9 nitrogen and oxygen atoms in total. The Kier molecular flexibility index (Phi) is 5.58. The smallest absolute Gasteiger partial charge is 0.214 e. The Labute approximate surface area is 189 Å². The van der Waals surface area contributed by atoms with Crippen LogP contribution >= 0.6 is 11.3 Å². The molecule has 0 radical (unpaired) electrons. The molecule has 0 unspecified atom stereocenters. The van der Waals surface area contributed by atoms with Crippen molar-refractivity contribution in [2.24, 2.45) is 0 Å². The first-order valence-corrected chi connectivity index (χ1v) is 12.8. The van der Waals surface area contributed by atoms with E-state index in [9.17, 15) is 8.42 Å². The molecule has 0 atom stereocenters. The number of aromatic nitrogens is 4. The second kappa shape index (κ2) is 8.39. The summed E-state index contributed by atoms with van der Waals surface area (Å²) < 4.78 is 33.6. The number of nitrogens with one attached hydrogen (secondary N) is 2. The normalized spacial score (nSPS) is 15.3. The monoisotopic (exact) mass is 472 g/mol. The lowest BCUT2D eigenvalue weighted by atomic mass is 10.1. The van der Waals surface area contributed by atoms with Crippen LogP contribution in [0.2, 0.25) is 0 Å². The van der Waals surface area contributed by atoms with E-state index in [1.54, 1.807) is 20.0 Å². The molecular weight excluding hydrogens is 448 g/mol. The van der Waals surface area contributed by atoms with Crippen LogP contribution in [-0.4, -0.2) is 60.1 Å². The quantitative estimate of drug-likeness (QED) is 0.444. The number of rotatable bonds is 6. The third-order valence-electron chi connectivity index (χ3n) is 5.51. The Bertz CT molecular complexity index is 1370. The number of aromatic amines is 1. The summed E-state index contributed by atoms with van der Waals surface area (Å²) in [4.78, 5) is 12.9. The number of morpholine rings is 1. The van der Waals surface area contributed by atoms with Gasteiger partial charge in [-0.3, -0.25) is 5.10 Å². The molecule has 4 heterocycles. The van der Waals surface area contributed by atoms with Gasteiger partial charge in [0.15, 0.2) is 11.6 Å². The van der Waals surface area contributed by atoms with Crippen molar-refractivity contribution >= 4 is 48.3 Å². The zero-order valence-electron chi connectivity index (χ0n) is 17.8. The van der Waals surface area contributed by atoms with E-state index in [0.717, 1.165) is 50.5 Å². The van der Waals surface area contributed by atoms with Crippen molar-refractivity contribution in [3.8, 4) is 11.4 Å². The molecule has 2 N–H and O–H groups in total. The first-order chi connectivity index (χ1) is 15.4. The standard InChI is InChI=1S/C21H24N6O3S2/c1-13(2)32(28,29)23-11-14-10-18-19(31-14)21(27-6-8-30-9-7-27)25-20(24-18)15-4-3-5-17-16(15)12-22-26-17/h3-5,10,12-13,23H,6-9,11H2,1-2H3,(H,22,26). The minimum Gasteiger partial charge on any atom is -0.378 e. The van der Waals surface area contributed by atoms with Gasteiger partial charge in [-0.05, 0) is 26.0 Å². The number of benzene rings is 1. The summed E-state index contributed by atoms with van der Waals surface area (Å²) in [6.07, 6.45) is 1.78. The van der Waals surface area contributed by atoms with Crippen molar-refractivity contribution in [3.05, 3.63) is 35.3 Å². The molecule has 32 heavy (non-hydrogen) atoms. The number of sulfonamides is 1. The molecule has 5 rings (SSSR count). The first kappa shape index (κ1) is 21.3. The fourth-order valence-corrected chi connectivity index (χ4v) is 5.50. The lowest BCUT2D eigenvalue weighted by Gasteiger charge is -2.28. The van der Waals surface area contributed by atoms with Gasteiger partial charge < -0.3 is 9.64 Å². The number of ether oxygens (including phenoxy) is 1. The molecule has 0 amide bonds. The van der Waals surface area contributed by atoms with Gasteiger partial charge in [-0.1, -0.05) is 12.1 Å². The van der Waals surface area contributed by atoms with E-state index < -0.39 is 15.3 Å². The molecule has 0 saturated carbocycles. The number of nitrogens with zero attached hydrogens (tertiary/aromatic N) is 4. The van der Waals surface area contributed by atoms with Crippen molar-refractivity contribution in [2.45, 2.75) is 25.6 Å². The Morgan fingerprint density at radius 3 is 2.84 bits per heavy atom. The third-order valence-corrected chi connectivity index (χ3v) is 8.42. The van der Waals surface area contributed by atoms with Crippen LogP contribution in [0.15, 0.2) is 30.5 Å². The molecule has 0 bridgehead atoms. The van der Waals surface area contributed by atoms with Crippen LogP contribution in [0.25, 0.3) is 32.5 Å². The molecule has 1 aliphatic rings. The molecular formula is C21H24N6O3S2. The number of hydrogen-bond acceptors (Lipinski definition) is 8. The predicted octanol–water partition coefficient (Wildman–Crippen LogP) is 2.90. The number of fused-ring (bicyclic) bond motifs is 2. The summed E-state index contributed by atoms with van der Waals surface area (Å²) in [6.45, 7) is 6.34. The maximum atomic E-state index is 12.2. The van der Waals surface area contributed by atoms with Crippen LogP contribution in [0.3, 0.4) is 0 Å². The van der Waals surface area contributed by atoms with Crippen molar-refractivity contribution < 1.29 is 13.2 Å². The van der Waals surface area contributed by atoms with Crippen molar-refractivity contribution in [3.63, 3.8) is 0 Å². The van der Waals surface area contributed by atoms with Gasteiger partial charge >= 0.3 is 0 Å². The minimum atomic E-state index is -3.35. The van der Waals surface area contributed by atoms with Gasteiger partial charge in [0.2, 0.25) is 10.0 Å². The summed E-state index contributed by atoms with van der Waals surface area (Å²) in [6, 6.07) is 7.87. The zero-order valence-corrected chi connectivity index (χ0v) is 19.5. The van der Waals surface area contributed by atoms with Crippen LogP contribution in [0, 0.1) is 0 Å². The van der Waals surface area contributed by atoms with E-state index in [1.807, 2.05) is 24.3 Å². The van der Waals surface area contributed by atoms with E-state index in [4.69, 9.17) is 14.7 Å². The Balaban J connectivity index is 1.61. The topological polar surface area (TPSA) is 113 Å². The van der Waals surface area contributed by atoms with E-state index in [1.165, 1.54) is 11.3 Å². The van der Waals surface area contributed by atoms with Crippen molar-refractivity contribution in [1.82, 2.24) is 24.9 Å². The molecule has 4 aromatic rings. The van der Waals surface area contributed by atoms with Gasteiger partial charge in [0.05, 0.1) is 40.4 Å². The molecule has 0 aliphatic carbocycles. The highest BCUT2D eigenvalue weighted by atomic mass is 32.2. The van der Waals surface area contributed by atoms with Crippen LogP contribution in [0.4, 0.5) is 5.82 Å². The zero-order chi connectivity index (χ0) is 22.3. The number of H-pyrrole nitrogens is 1. The SMILES string of the molecule is CC(C)S(=O)(=O)NCc1cc2nc(-c3cccc4[nH]ncc34)nc(N3CCOCC3)c2s1. The van der Waals surface area contributed by atoms with E-state index in [2.05, 4.69) is 19.8 Å². The maximum Gasteiger partial charge on any atom is 0.214 e. The third kappa shape index (κ3) is 3.96. The van der Waals surface area contributed by atoms with Gasteiger partial charge in [-0.15, -0.1) is 11.3 Å². The maximum absolute atomic E-state index is 12.2. The van der Waals surface area contributed by atoms with Gasteiger partial charge in [0, 0.05) is 35.5 Å². The average Bonchev–Trinajstić information content (AvgIpc) is 3.44. The molecule has 1 fully saturated rings. The van der Waals surface area contributed by atoms with Gasteiger partial charge in [-0.2, -0.15) is 5.10 Å². The average molecular weight is 473 g/mol. The summed E-state index contributed by atoms with van der Waals surface area (Å²) >= 11 is 1.53. The molecule has 168 valence electrons. The number of anilines is 1. The molecule has 0 spiro atoms. The highest BCUT2D eigenvalue weighted by molar-refractivity contribution is 7.90. The lowest BCUT2D eigenvalue weighted by molar-refractivity contribution is 0.122. The highest BCUT2D eigenvalue weighted by Gasteiger charge is 2.22. The fourth-order valence-electron chi connectivity index (χ4n) is 3.66. The second-order valence-corrected chi connectivity index (χ2v) is 11.4. The van der Waals surface area contributed by atoms with Gasteiger partial charge in [0.25, 0.3) is 0 Å². The first-order valence-electron chi connectivity index (χ1n) is 10.5. The molecule has 1 aliphatic heterocycles. The minimum absolute atomic E-state index is 0.233. The molecule has 1 saturated heterocycles. The Hall–Kier alpha value is -2.60. The largest absolute Gasteiger partial charge is 0.378 e. The molecule has 1 aromatic carbocycles. The predicted molar refractivity (Wildman–Crippen MR) is 126 cm³/mol. The summed E-state index contributed by atoms with van der Waals surface area (Å²) in [5.74, 6) is 1.48. The van der Waals surface area contributed by atoms with Gasteiger partial charge in [-0.25, -0.2) is 23.1 Å². The van der Waals surface area contributed by atoms with Crippen molar-refractivity contribution in [1.29, 1.82) is 0 Å². The summed E-state index contributed by atoms with van der Waals surface area (Å²) in [7, 11) is -3.35. The summed E-state index contributed by atoms with van der Waals surface area (Å²) in [5, 5.41) is 7.62. The summed E-state index contributed by atoms with van der Waals surface area (Å²) in [5.41, 5.74) is 2.63. The Morgan fingerprint density at radius 1 is 1.25 bits per heavy atom. The second-order valence-electron chi connectivity index (χ2n) is 7.95. The number of thiophene rings is 1. The van der Waals surface area contributed by atoms with Crippen molar-refractivity contribution in [2.75, 3.05) is 31.2 Å². The van der Waals surface area contributed by atoms with Crippen LogP contribution < -0.4 is 9.62 Å². The van der Waals surface area contributed by atoms with E-state index in [0.29, 0.717) is 19.0 Å². The van der Waals surface area contributed by atoms with E-state index >= 15 is 0 Å². The molecule has 11 heteroatoms. The van der Waals surface area contributed by atoms with Gasteiger partial charge in [0.1, 0.15) is 0 Å². The van der Waals surface area contributed by atoms with Crippen LogP contribution in [0.5, 0.6) is 0 Å². The van der Waals surface area contributed by atoms with E-state index in [-0.39, 0.29) is 6.54 Å². The lowest BCUT2D eigenvalue weighted by Crippen LogP contribution is -2.36. The Morgan fingerprint density at radius 2 is 2.06 bits per heavy atom. The highest BCUT2D eigenvalue weighted by Crippen LogP contribution is 2.35. The molecule has 3 aromatic heterocycles. The van der Waals surface area contributed by atoms with Crippen LogP contribution in [0.1, 0.15) is 18.7 Å². The van der Waals surface area contributed by atoms with Crippen LogP contribution in [-0.2, 0) is 21.3 Å². The number of hydrogen-bond donors (Lipinski definition) is 2. The fraction of sp³-hybridized carbons (Fsp3) is 0.381.